The van der Waals surface area contributed by atoms with Crippen LogP contribution in [0.2, 0.25) is 0 Å². The second-order valence-electron chi connectivity index (χ2n) is 7.72. The van der Waals surface area contributed by atoms with Crippen molar-refractivity contribution in [3.8, 4) is 0 Å². The Bertz CT molecular complexity index is 386. The van der Waals surface area contributed by atoms with E-state index in [4.69, 9.17) is 0 Å². The second-order valence-corrected chi connectivity index (χ2v) is 7.72. The third kappa shape index (κ3) is 2.79. The maximum Gasteiger partial charge on any atom is 0.138 e. The van der Waals surface area contributed by atoms with Gasteiger partial charge in [-0.3, -0.25) is 4.79 Å². The molecule has 0 aromatic rings. The van der Waals surface area contributed by atoms with Gasteiger partial charge in [-0.25, -0.2) is 0 Å². The van der Waals surface area contributed by atoms with E-state index in [0.29, 0.717) is 12.8 Å². The lowest BCUT2D eigenvalue weighted by Crippen LogP contribution is -2.59. The highest BCUT2D eigenvalue weighted by molar-refractivity contribution is 5.83. The van der Waals surface area contributed by atoms with Crippen LogP contribution in [0.25, 0.3) is 0 Å². The normalized spacial score (nSPS) is 41.0. The standard InChI is InChI=1S/C18H30O3/c19-15-9-3-2-8-14(15)18(21)13-7-4-10-16(18)17(20)11-5-1-6-12-17/h14,16,20-21H,1-13H2. The monoisotopic (exact) mass is 294 g/mol. The van der Waals surface area contributed by atoms with Gasteiger partial charge in [0.25, 0.3) is 0 Å². The Morgan fingerprint density at radius 1 is 0.810 bits per heavy atom. The number of hydrogen-bond donors (Lipinski definition) is 2. The average Bonchev–Trinajstić information content (AvgIpc) is 2.48. The zero-order valence-electron chi connectivity index (χ0n) is 13.1. The minimum atomic E-state index is -0.943. The van der Waals surface area contributed by atoms with Crippen molar-refractivity contribution < 1.29 is 15.0 Å². The Morgan fingerprint density at radius 3 is 2.19 bits per heavy atom. The third-order valence-electron chi connectivity index (χ3n) is 6.45. The Labute approximate surface area is 128 Å². The molecular weight excluding hydrogens is 264 g/mol. The molecule has 0 radical (unpaired) electrons. The second kappa shape index (κ2) is 6.00. The van der Waals surface area contributed by atoms with Crippen LogP contribution in [0, 0.1) is 11.8 Å². The van der Waals surface area contributed by atoms with Gasteiger partial charge in [0.05, 0.1) is 11.2 Å². The first-order valence-electron chi connectivity index (χ1n) is 9.04. The van der Waals surface area contributed by atoms with E-state index < -0.39 is 11.2 Å². The fourth-order valence-electron chi connectivity index (χ4n) is 5.36. The van der Waals surface area contributed by atoms with Crippen molar-refractivity contribution in [1.82, 2.24) is 0 Å². The van der Waals surface area contributed by atoms with Crippen molar-refractivity contribution >= 4 is 5.78 Å². The van der Waals surface area contributed by atoms with Crippen molar-refractivity contribution in [2.45, 2.75) is 94.7 Å². The summed E-state index contributed by atoms with van der Waals surface area (Å²) in [5.41, 5.74) is -1.67. The van der Waals surface area contributed by atoms with Crippen LogP contribution in [0.5, 0.6) is 0 Å². The first-order valence-corrected chi connectivity index (χ1v) is 9.04. The highest BCUT2D eigenvalue weighted by Crippen LogP contribution is 2.51. The molecule has 2 N–H and O–H groups in total. The molecule has 3 atom stereocenters. The van der Waals surface area contributed by atoms with Gasteiger partial charge >= 0.3 is 0 Å². The fourth-order valence-corrected chi connectivity index (χ4v) is 5.36. The number of carbonyl (C=O) groups is 1. The van der Waals surface area contributed by atoms with E-state index in [1.54, 1.807) is 0 Å². The molecule has 3 fully saturated rings. The van der Waals surface area contributed by atoms with E-state index in [0.717, 1.165) is 64.2 Å². The van der Waals surface area contributed by atoms with Crippen LogP contribution < -0.4 is 0 Å². The van der Waals surface area contributed by atoms with Gasteiger partial charge in [-0.05, 0) is 38.5 Å². The van der Waals surface area contributed by atoms with Crippen LogP contribution in [0.15, 0.2) is 0 Å². The topological polar surface area (TPSA) is 57.5 Å². The van der Waals surface area contributed by atoms with Gasteiger partial charge in [-0.15, -0.1) is 0 Å². The molecule has 0 amide bonds. The molecule has 3 aliphatic carbocycles. The highest BCUT2D eigenvalue weighted by atomic mass is 16.3. The molecule has 0 aliphatic heterocycles. The van der Waals surface area contributed by atoms with Crippen LogP contribution in [-0.2, 0) is 4.79 Å². The van der Waals surface area contributed by atoms with Crippen molar-refractivity contribution in [3.05, 3.63) is 0 Å². The summed E-state index contributed by atoms with van der Waals surface area (Å²) < 4.78 is 0. The molecule has 3 unspecified atom stereocenters. The SMILES string of the molecule is O=C1CCCCC1C1(O)CCCCC1C1(O)CCCCC1. The lowest BCUT2D eigenvalue weighted by atomic mass is 9.57. The molecule has 3 nitrogen and oxygen atoms in total. The summed E-state index contributed by atoms with van der Waals surface area (Å²) >= 11 is 0. The van der Waals surface area contributed by atoms with Crippen LogP contribution >= 0.6 is 0 Å². The zero-order chi connectivity index (χ0) is 14.9. The van der Waals surface area contributed by atoms with Gasteiger partial charge < -0.3 is 10.2 Å². The van der Waals surface area contributed by atoms with E-state index >= 15 is 0 Å². The Hall–Kier alpha value is -0.410. The van der Waals surface area contributed by atoms with Gasteiger partial charge in [0.15, 0.2) is 0 Å². The summed E-state index contributed by atoms with van der Waals surface area (Å²) in [7, 11) is 0. The summed E-state index contributed by atoms with van der Waals surface area (Å²) in [5.74, 6) is -0.0661. The van der Waals surface area contributed by atoms with Gasteiger partial charge in [0.2, 0.25) is 0 Å². The number of aliphatic hydroxyl groups is 2. The molecule has 3 heteroatoms. The van der Waals surface area contributed by atoms with Crippen molar-refractivity contribution in [1.29, 1.82) is 0 Å². The van der Waals surface area contributed by atoms with Crippen LogP contribution in [-0.4, -0.2) is 27.2 Å². The van der Waals surface area contributed by atoms with Crippen LogP contribution in [0.1, 0.15) is 83.5 Å². The molecule has 3 rings (SSSR count). The molecular formula is C18H30O3. The Morgan fingerprint density at radius 2 is 1.48 bits per heavy atom. The summed E-state index contributed by atoms with van der Waals surface area (Å²) in [5, 5.41) is 22.6. The molecule has 0 heterocycles. The number of Topliss-reactive ketones (excluding diaryl/α,β-unsaturated/α-hetero) is 1. The third-order valence-corrected chi connectivity index (χ3v) is 6.45. The first-order chi connectivity index (χ1) is 10.1. The number of hydrogen-bond acceptors (Lipinski definition) is 3. The van der Waals surface area contributed by atoms with Gasteiger partial charge in [0, 0.05) is 18.3 Å². The van der Waals surface area contributed by atoms with Crippen molar-refractivity contribution in [2.75, 3.05) is 0 Å². The number of ketones is 1. The molecule has 0 saturated heterocycles. The van der Waals surface area contributed by atoms with Crippen molar-refractivity contribution in [2.24, 2.45) is 11.8 Å². The molecule has 3 aliphatic rings. The molecule has 0 aromatic carbocycles. The lowest BCUT2D eigenvalue weighted by molar-refractivity contribution is -0.187. The quantitative estimate of drug-likeness (QED) is 0.821. The smallest absolute Gasteiger partial charge is 0.138 e. The molecule has 21 heavy (non-hydrogen) atoms. The van der Waals surface area contributed by atoms with Crippen LogP contribution in [0.4, 0.5) is 0 Å². The number of carbonyl (C=O) groups excluding carboxylic acids is 1. The summed E-state index contributed by atoms with van der Waals surface area (Å²) in [6.45, 7) is 0. The van der Waals surface area contributed by atoms with Gasteiger partial charge in [-0.1, -0.05) is 38.5 Å². The molecule has 0 spiro atoms. The molecule has 3 saturated carbocycles. The van der Waals surface area contributed by atoms with Crippen LogP contribution in [0.3, 0.4) is 0 Å². The van der Waals surface area contributed by atoms with E-state index in [-0.39, 0.29) is 17.6 Å². The Kier molecular flexibility index (Phi) is 4.42. The fraction of sp³-hybridized carbons (Fsp3) is 0.944. The average molecular weight is 294 g/mol. The summed E-state index contributed by atoms with van der Waals surface area (Å²) in [6, 6.07) is 0. The Balaban J connectivity index is 1.87. The summed E-state index contributed by atoms with van der Waals surface area (Å²) in [6.07, 6.45) is 12.0. The van der Waals surface area contributed by atoms with Gasteiger partial charge in [-0.2, -0.15) is 0 Å². The van der Waals surface area contributed by atoms with E-state index in [9.17, 15) is 15.0 Å². The largest absolute Gasteiger partial charge is 0.389 e. The molecule has 0 aromatic heterocycles. The zero-order valence-corrected chi connectivity index (χ0v) is 13.1. The molecule has 0 bridgehead atoms. The minimum Gasteiger partial charge on any atom is -0.389 e. The predicted molar refractivity (Wildman–Crippen MR) is 81.9 cm³/mol. The van der Waals surface area contributed by atoms with E-state index in [2.05, 4.69) is 0 Å². The van der Waals surface area contributed by atoms with Crippen molar-refractivity contribution in [3.63, 3.8) is 0 Å². The number of rotatable bonds is 2. The van der Waals surface area contributed by atoms with Gasteiger partial charge in [0.1, 0.15) is 5.78 Å². The maximum absolute atomic E-state index is 12.4. The van der Waals surface area contributed by atoms with E-state index in [1.807, 2.05) is 0 Å². The first kappa shape index (κ1) is 15.5. The van der Waals surface area contributed by atoms with E-state index in [1.165, 1.54) is 6.42 Å². The highest BCUT2D eigenvalue weighted by Gasteiger charge is 2.55. The molecule has 120 valence electrons. The maximum atomic E-state index is 12.4. The summed E-state index contributed by atoms with van der Waals surface area (Å²) in [4.78, 5) is 12.4. The predicted octanol–water partition coefficient (Wildman–Crippen LogP) is 3.36. The minimum absolute atomic E-state index is 0.0916. The lowest BCUT2D eigenvalue weighted by Gasteiger charge is -2.53.